The van der Waals surface area contributed by atoms with E-state index in [1.165, 1.54) is 6.33 Å². The highest BCUT2D eigenvalue weighted by molar-refractivity contribution is 6.17. The molecule has 0 aliphatic rings. The zero-order valence-corrected chi connectivity index (χ0v) is 13.0. The summed E-state index contributed by atoms with van der Waals surface area (Å²) in [6, 6.07) is -0.00139. The third-order valence-corrected chi connectivity index (χ3v) is 3.68. The molecule has 19 heavy (non-hydrogen) atoms. The molecular weight excluding hydrogens is 262 g/mol. The molecule has 0 aromatic carbocycles. The summed E-state index contributed by atoms with van der Waals surface area (Å²) in [5.41, 5.74) is -0.160. The van der Waals surface area contributed by atoms with Crippen molar-refractivity contribution in [2.24, 2.45) is 5.41 Å². The van der Waals surface area contributed by atoms with Gasteiger partial charge in [-0.15, -0.1) is 11.6 Å². The molecule has 0 fully saturated rings. The molecule has 1 rings (SSSR count). The Morgan fingerprint density at radius 2 is 1.89 bits per heavy atom. The Hall–Kier alpha value is -0.610. The molecule has 5 heteroatoms. The summed E-state index contributed by atoms with van der Waals surface area (Å²) in [5.74, 6) is 0.733. The van der Waals surface area contributed by atoms with Crippen molar-refractivity contribution in [3.05, 3.63) is 12.7 Å². The van der Waals surface area contributed by atoms with E-state index in [1.807, 2.05) is 0 Å². The molecule has 1 aromatic heterocycles. The lowest BCUT2D eigenvalue weighted by Crippen LogP contribution is -2.35. The minimum absolute atomic E-state index is 0.00139. The van der Waals surface area contributed by atoms with E-state index in [9.17, 15) is 5.11 Å². The van der Waals surface area contributed by atoms with Crippen LogP contribution >= 0.6 is 11.6 Å². The second-order valence-corrected chi connectivity index (χ2v) is 6.52. The summed E-state index contributed by atoms with van der Waals surface area (Å²) >= 11 is 5.67. The molecule has 1 heterocycles. The van der Waals surface area contributed by atoms with Crippen LogP contribution in [-0.4, -0.2) is 31.9 Å². The van der Waals surface area contributed by atoms with Crippen LogP contribution in [-0.2, 0) is 0 Å². The Balaban J connectivity index is 2.56. The monoisotopic (exact) mass is 287 g/mol. The maximum absolute atomic E-state index is 10.5. The van der Waals surface area contributed by atoms with Crippen molar-refractivity contribution in [2.75, 3.05) is 5.88 Å². The van der Waals surface area contributed by atoms with Crippen LogP contribution in [0.3, 0.4) is 0 Å². The Morgan fingerprint density at radius 1 is 1.21 bits per heavy atom. The average Bonchev–Trinajstić information content (AvgIpc) is 2.85. The van der Waals surface area contributed by atoms with Gasteiger partial charge in [0.15, 0.2) is 0 Å². The van der Waals surface area contributed by atoms with Crippen molar-refractivity contribution in [1.82, 2.24) is 14.8 Å². The van der Waals surface area contributed by atoms with E-state index in [2.05, 4.69) is 30.9 Å². The largest absolute Gasteiger partial charge is 0.390 e. The first kappa shape index (κ1) is 16.4. The average molecular weight is 288 g/mol. The van der Waals surface area contributed by atoms with Crippen molar-refractivity contribution < 1.29 is 5.11 Å². The number of hydrogen-bond donors (Lipinski definition) is 1. The van der Waals surface area contributed by atoms with E-state index in [0.717, 1.165) is 38.0 Å². The number of hydrogen-bond acceptors (Lipinski definition) is 3. The molecule has 4 nitrogen and oxygen atoms in total. The molecular formula is C14H26ClN3O. The first-order valence-corrected chi connectivity index (χ1v) is 7.58. The number of nitrogens with zero attached hydrogens (tertiary/aromatic N) is 3. The van der Waals surface area contributed by atoms with Crippen LogP contribution in [0.25, 0.3) is 0 Å². The third-order valence-electron chi connectivity index (χ3n) is 3.41. The Bertz CT molecular complexity index is 335. The van der Waals surface area contributed by atoms with Gasteiger partial charge in [0.05, 0.1) is 12.1 Å². The van der Waals surface area contributed by atoms with Gasteiger partial charge < -0.3 is 5.11 Å². The van der Waals surface area contributed by atoms with Gasteiger partial charge in [0, 0.05) is 5.88 Å². The summed E-state index contributed by atoms with van der Waals surface area (Å²) in [6.07, 6.45) is 8.15. The highest BCUT2D eigenvalue weighted by atomic mass is 35.5. The molecule has 0 bridgehead atoms. The fourth-order valence-electron chi connectivity index (χ4n) is 2.20. The Kier molecular flexibility index (Phi) is 6.80. The van der Waals surface area contributed by atoms with E-state index in [0.29, 0.717) is 0 Å². The lowest BCUT2D eigenvalue weighted by Gasteiger charge is -2.33. The van der Waals surface area contributed by atoms with Crippen molar-refractivity contribution in [3.63, 3.8) is 0 Å². The van der Waals surface area contributed by atoms with E-state index < -0.39 is 6.10 Å². The molecule has 0 saturated heterocycles. The van der Waals surface area contributed by atoms with Gasteiger partial charge in [0.2, 0.25) is 0 Å². The van der Waals surface area contributed by atoms with E-state index in [-0.39, 0.29) is 11.5 Å². The van der Waals surface area contributed by atoms with Crippen LogP contribution in [0, 0.1) is 5.41 Å². The predicted molar refractivity (Wildman–Crippen MR) is 78.3 cm³/mol. The molecule has 1 N–H and O–H groups in total. The lowest BCUT2D eigenvalue weighted by atomic mass is 9.83. The summed E-state index contributed by atoms with van der Waals surface area (Å²) in [6.45, 7) is 6.15. The fourth-order valence-corrected chi connectivity index (χ4v) is 2.39. The van der Waals surface area contributed by atoms with Gasteiger partial charge in [-0.3, -0.25) is 0 Å². The number of rotatable bonds is 8. The van der Waals surface area contributed by atoms with Crippen LogP contribution in [0.1, 0.15) is 58.9 Å². The lowest BCUT2D eigenvalue weighted by molar-refractivity contribution is 0.00846. The van der Waals surface area contributed by atoms with Crippen molar-refractivity contribution in [3.8, 4) is 0 Å². The summed E-state index contributed by atoms with van der Waals surface area (Å²) in [7, 11) is 0. The number of aliphatic hydroxyl groups excluding tert-OH is 1. The molecule has 0 saturated carbocycles. The third kappa shape index (κ3) is 5.49. The smallest absolute Gasteiger partial charge is 0.137 e. The van der Waals surface area contributed by atoms with E-state index >= 15 is 0 Å². The van der Waals surface area contributed by atoms with Gasteiger partial charge in [-0.05, 0) is 18.3 Å². The first-order chi connectivity index (χ1) is 8.96. The van der Waals surface area contributed by atoms with Crippen LogP contribution in [0.15, 0.2) is 12.7 Å². The molecule has 2 unspecified atom stereocenters. The Morgan fingerprint density at radius 3 is 2.42 bits per heavy atom. The van der Waals surface area contributed by atoms with Crippen LogP contribution in [0.5, 0.6) is 0 Å². The quantitative estimate of drug-likeness (QED) is 0.589. The summed E-state index contributed by atoms with van der Waals surface area (Å²) in [5, 5.41) is 14.7. The zero-order chi connectivity index (χ0) is 14.3. The SMILES string of the molecule is CC(C)(C)C(O)C(CCCCCCCl)n1cncn1. The van der Waals surface area contributed by atoms with Crippen molar-refractivity contribution >= 4 is 11.6 Å². The fraction of sp³-hybridized carbons (Fsp3) is 0.857. The van der Waals surface area contributed by atoms with Crippen molar-refractivity contribution in [1.29, 1.82) is 0 Å². The van der Waals surface area contributed by atoms with Gasteiger partial charge in [-0.1, -0.05) is 40.0 Å². The van der Waals surface area contributed by atoms with Gasteiger partial charge in [0.25, 0.3) is 0 Å². The maximum Gasteiger partial charge on any atom is 0.137 e. The number of aromatic nitrogens is 3. The molecule has 0 amide bonds. The highest BCUT2D eigenvalue weighted by Gasteiger charge is 2.31. The van der Waals surface area contributed by atoms with Gasteiger partial charge >= 0.3 is 0 Å². The predicted octanol–water partition coefficient (Wildman–Crippen LogP) is 3.42. The van der Waals surface area contributed by atoms with E-state index in [1.54, 1.807) is 11.0 Å². The van der Waals surface area contributed by atoms with E-state index in [4.69, 9.17) is 11.6 Å². The number of alkyl halides is 1. The summed E-state index contributed by atoms with van der Waals surface area (Å²) < 4.78 is 1.79. The zero-order valence-electron chi connectivity index (χ0n) is 12.2. The first-order valence-electron chi connectivity index (χ1n) is 7.05. The molecule has 0 aliphatic carbocycles. The van der Waals surface area contributed by atoms with Crippen LogP contribution in [0.4, 0.5) is 0 Å². The van der Waals surface area contributed by atoms with Crippen LogP contribution < -0.4 is 0 Å². The molecule has 0 aliphatic heterocycles. The van der Waals surface area contributed by atoms with Gasteiger partial charge in [-0.25, -0.2) is 9.67 Å². The summed E-state index contributed by atoms with van der Waals surface area (Å²) in [4.78, 5) is 3.99. The molecule has 0 radical (unpaired) electrons. The second-order valence-electron chi connectivity index (χ2n) is 6.15. The molecule has 1 aromatic rings. The maximum atomic E-state index is 10.5. The second kappa shape index (κ2) is 7.85. The minimum atomic E-state index is -0.428. The topological polar surface area (TPSA) is 50.9 Å². The standard InChI is InChI=1S/C14H26ClN3O/c1-14(2,3)13(19)12(18-11-16-10-17-18)8-6-4-5-7-9-15/h10-13,19H,4-9H2,1-3H3. The van der Waals surface area contributed by atoms with Gasteiger partial charge in [0.1, 0.15) is 12.7 Å². The number of unbranched alkanes of at least 4 members (excludes halogenated alkanes) is 3. The molecule has 110 valence electrons. The number of halogens is 1. The Labute approximate surface area is 121 Å². The minimum Gasteiger partial charge on any atom is -0.390 e. The number of aliphatic hydroxyl groups is 1. The molecule has 2 atom stereocenters. The molecule has 0 spiro atoms. The highest BCUT2D eigenvalue weighted by Crippen LogP contribution is 2.31. The van der Waals surface area contributed by atoms with Crippen molar-refractivity contribution in [2.45, 2.75) is 65.0 Å². The van der Waals surface area contributed by atoms with Crippen LogP contribution in [0.2, 0.25) is 0 Å². The van der Waals surface area contributed by atoms with Gasteiger partial charge in [-0.2, -0.15) is 5.10 Å². The normalized spacial score (nSPS) is 15.4.